The van der Waals surface area contributed by atoms with E-state index in [-0.39, 0.29) is 31.9 Å². The highest BCUT2D eigenvalue weighted by atomic mass is 35.5. The number of carbonyl (C=O) groups is 1. The van der Waals surface area contributed by atoms with Crippen molar-refractivity contribution in [3.63, 3.8) is 0 Å². The van der Waals surface area contributed by atoms with Crippen LogP contribution in [-0.2, 0) is 4.84 Å². The zero-order chi connectivity index (χ0) is 24.6. The third kappa shape index (κ3) is 5.15. The molecule has 1 aliphatic heterocycles. The second-order valence-corrected chi connectivity index (χ2v) is 8.71. The fourth-order valence-electron chi connectivity index (χ4n) is 3.45. The molecule has 176 valence electrons. The van der Waals surface area contributed by atoms with Crippen LogP contribution in [0.3, 0.4) is 0 Å². The van der Waals surface area contributed by atoms with E-state index in [0.717, 1.165) is 0 Å². The van der Waals surface area contributed by atoms with Gasteiger partial charge in [-0.3, -0.25) is 4.79 Å². The quantitative estimate of drug-likeness (QED) is 0.353. The maximum Gasteiger partial charge on any atom is 0.418 e. The Hall–Kier alpha value is -2.78. The first-order valence-electron chi connectivity index (χ1n) is 9.76. The van der Waals surface area contributed by atoms with Crippen LogP contribution in [0.2, 0.25) is 15.2 Å². The Kier molecular flexibility index (Phi) is 6.78. The van der Waals surface area contributed by atoms with E-state index in [0.29, 0.717) is 11.3 Å². The molecule has 2 aromatic carbocycles. The van der Waals surface area contributed by atoms with Crippen LogP contribution in [0.5, 0.6) is 0 Å². The number of amides is 1. The number of carbonyl (C=O) groups excluding carboxylic acids is 1. The van der Waals surface area contributed by atoms with E-state index in [9.17, 15) is 18.0 Å². The third-order valence-corrected chi connectivity index (χ3v) is 5.74. The molecule has 1 aliphatic rings. The summed E-state index contributed by atoms with van der Waals surface area (Å²) in [5, 5.41) is 3.26. The number of aryl methyl sites for hydroxylation is 1. The van der Waals surface area contributed by atoms with Gasteiger partial charge in [-0.1, -0.05) is 46.9 Å². The lowest BCUT2D eigenvalue weighted by Crippen LogP contribution is -2.23. The van der Waals surface area contributed by atoms with Crippen LogP contribution in [0.25, 0.3) is 5.76 Å². The Balaban J connectivity index is 1.71. The summed E-state index contributed by atoms with van der Waals surface area (Å²) in [6, 6.07) is 10.2. The molecule has 1 amide bonds. The number of hydrogen-bond acceptors (Lipinski definition) is 4. The number of hydroxylamine groups is 1. The number of rotatable bonds is 4. The molecule has 0 radical (unpaired) electrons. The summed E-state index contributed by atoms with van der Waals surface area (Å²) in [6.45, 7) is 1.72. The van der Waals surface area contributed by atoms with Crippen LogP contribution in [0.4, 0.5) is 18.9 Å². The standard InChI is InChI=1S/C23H15Cl3F3N3O2/c1-11-2-3-12(8-17(11)31-22(33)13-4-5-18(26)30-10-13)20-19(23(27,28)29)21(34-32-20)14-6-15(24)9-16(25)7-14/h2-10,20,32H,1H3,(H,31,33). The van der Waals surface area contributed by atoms with Gasteiger partial charge in [0.1, 0.15) is 16.8 Å². The summed E-state index contributed by atoms with van der Waals surface area (Å²) in [5.41, 5.74) is 3.02. The van der Waals surface area contributed by atoms with Crippen molar-refractivity contribution in [1.29, 1.82) is 0 Å². The summed E-state index contributed by atoms with van der Waals surface area (Å²) in [4.78, 5) is 21.7. The monoisotopic (exact) mass is 527 g/mol. The number of anilines is 1. The molecule has 0 saturated carbocycles. The van der Waals surface area contributed by atoms with Gasteiger partial charge in [-0.05, 0) is 54.4 Å². The van der Waals surface area contributed by atoms with Crippen molar-refractivity contribution in [2.24, 2.45) is 0 Å². The summed E-state index contributed by atoms with van der Waals surface area (Å²) < 4.78 is 42.4. The van der Waals surface area contributed by atoms with E-state index in [1.807, 2.05) is 0 Å². The minimum atomic E-state index is -4.73. The second-order valence-electron chi connectivity index (χ2n) is 7.45. The lowest BCUT2D eigenvalue weighted by molar-refractivity contribution is -0.0951. The molecule has 0 fully saturated rings. The van der Waals surface area contributed by atoms with Crippen molar-refractivity contribution in [2.45, 2.75) is 19.1 Å². The minimum Gasteiger partial charge on any atom is -0.407 e. The molecule has 1 aromatic heterocycles. The van der Waals surface area contributed by atoms with Gasteiger partial charge in [0, 0.05) is 27.5 Å². The van der Waals surface area contributed by atoms with E-state index in [1.165, 1.54) is 48.7 Å². The van der Waals surface area contributed by atoms with E-state index >= 15 is 0 Å². The molecule has 1 unspecified atom stereocenters. The lowest BCUT2D eigenvalue weighted by atomic mass is 9.95. The number of nitrogens with zero attached hydrogens (tertiary/aromatic N) is 1. The van der Waals surface area contributed by atoms with Crippen molar-refractivity contribution in [1.82, 2.24) is 10.5 Å². The molecule has 0 aliphatic carbocycles. The average Bonchev–Trinajstić information content (AvgIpc) is 3.21. The first-order valence-corrected chi connectivity index (χ1v) is 10.9. The highest BCUT2D eigenvalue weighted by Gasteiger charge is 2.47. The first kappa shape index (κ1) is 24.3. The average molecular weight is 529 g/mol. The zero-order valence-electron chi connectivity index (χ0n) is 17.3. The zero-order valence-corrected chi connectivity index (χ0v) is 19.6. The number of aromatic nitrogens is 1. The molecule has 1 atom stereocenters. The topological polar surface area (TPSA) is 63.2 Å². The first-order chi connectivity index (χ1) is 16.0. The van der Waals surface area contributed by atoms with Gasteiger partial charge >= 0.3 is 6.18 Å². The number of nitrogens with one attached hydrogen (secondary N) is 2. The van der Waals surface area contributed by atoms with Crippen molar-refractivity contribution in [2.75, 3.05) is 5.32 Å². The summed E-state index contributed by atoms with van der Waals surface area (Å²) in [7, 11) is 0. The van der Waals surface area contributed by atoms with Crippen LogP contribution >= 0.6 is 34.8 Å². The largest absolute Gasteiger partial charge is 0.418 e. The Labute approximate surface area is 207 Å². The Morgan fingerprint density at radius 2 is 1.76 bits per heavy atom. The number of halogens is 6. The molecule has 4 rings (SSSR count). The Morgan fingerprint density at radius 1 is 1.06 bits per heavy atom. The molecular weight excluding hydrogens is 514 g/mol. The van der Waals surface area contributed by atoms with Gasteiger partial charge < -0.3 is 10.2 Å². The van der Waals surface area contributed by atoms with E-state index < -0.39 is 29.5 Å². The van der Waals surface area contributed by atoms with E-state index in [2.05, 4.69) is 15.8 Å². The van der Waals surface area contributed by atoms with Crippen LogP contribution in [0.1, 0.15) is 33.1 Å². The number of pyridine rings is 1. The van der Waals surface area contributed by atoms with Crippen LogP contribution in [0.15, 0.2) is 60.3 Å². The fourth-order valence-corrected chi connectivity index (χ4v) is 4.09. The summed E-state index contributed by atoms with van der Waals surface area (Å²) in [6.07, 6.45) is -3.43. The molecule has 3 aromatic rings. The van der Waals surface area contributed by atoms with Gasteiger partial charge in [-0.25, -0.2) is 4.98 Å². The SMILES string of the molecule is Cc1ccc(C2NOC(c3cc(Cl)cc(Cl)c3)=C2C(F)(F)F)cc1NC(=O)c1ccc(Cl)nc1. The second kappa shape index (κ2) is 9.46. The van der Waals surface area contributed by atoms with E-state index in [4.69, 9.17) is 39.6 Å². The molecule has 2 heterocycles. The molecule has 11 heteroatoms. The fraction of sp³-hybridized carbons (Fsp3) is 0.130. The van der Waals surface area contributed by atoms with Crippen LogP contribution < -0.4 is 10.8 Å². The normalized spacial score (nSPS) is 15.9. The molecule has 34 heavy (non-hydrogen) atoms. The maximum absolute atomic E-state index is 14.1. The van der Waals surface area contributed by atoms with E-state index in [1.54, 1.807) is 13.0 Å². The molecule has 2 N–H and O–H groups in total. The molecule has 0 bridgehead atoms. The summed E-state index contributed by atoms with van der Waals surface area (Å²) >= 11 is 17.7. The Bertz CT molecular complexity index is 1270. The van der Waals surface area contributed by atoms with Gasteiger partial charge in [0.15, 0.2) is 5.76 Å². The van der Waals surface area contributed by atoms with Crippen molar-refractivity contribution in [3.05, 3.63) is 97.8 Å². The predicted octanol–water partition coefficient (Wildman–Crippen LogP) is 7.15. The highest BCUT2D eigenvalue weighted by Crippen LogP contribution is 2.45. The van der Waals surface area contributed by atoms with Crippen molar-refractivity contribution >= 4 is 52.2 Å². The third-order valence-electron chi connectivity index (χ3n) is 5.08. The lowest BCUT2D eigenvalue weighted by Gasteiger charge is -2.18. The molecular formula is C23H15Cl3F3N3O2. The van der Waals surface area contributed by atoms with Crippen LogP contribution in [-0.4, -0.2) is 17.1 Å². The molecule has 5 nitrogen and oxygen atoms in total. The number of benzene rings is 2. The summed E-state index contributed by atoms with van der Waals surface area (Å²) in [5.74, 6) is -0.916. The van der Waals surface area contributed by atoms with Gasteiger partial charge in [-0.15, -0.1) is 5.48 Å². The van der Waals surface area contributed by atoms with Crippen molar-refractivity contribution in [3.8, 4) is 0 Å². The van der Waals surface area contributed by atoms with Gasteiger partial charge in [-0.2, -0.15) is 13.2 Å². The minimum absolute atomic E-state index is 0.0794. The van der Waals surface area contributed by atoms with Gasteiger partial charge in [0.05, 0.1) is 5.56 Å². The van der Waals surface area contributed by atoms with Gasteiger partial charge in [0.25, 0.3) is 5.91 Å². The predicted molar refractivity (Wildman–Crippen MR) is 125 cm³/mol. The highest BCUT2D eigenvalue weighted by molar-refractivity contribution is 6.34. The maximum atomic E-state index is 14.1. The smallest absolute Gasteiger partial charge is 0.407 e. The number of alkyl halides is 3. The van der Waals surface area contributed by atoms with Crippen molar-refractivity contribution < 1.29 is 22.8 Å². The molecule has 0 spiro atoms. The van der Waals surface area contributed by atoms with Gasteiger partial charge in [0.2, 0.25) is 0 Å². The van der Waals surface area contributed by atoms with Crippen LogP contribution in [0, 0.1) is 6.92 Å². The Morgan fingerprint density at radius 3 is 2.38 bits per heavy atom. The number of hydrogen-bond donors (Lipinski definition) is 2. The molecule has 0 saturated heterocycles.